The average Bonchev–Trinajstić information content (AvgIpc) is 3.21. The summed E-state index contributed by atoms with van der Waals surface area (Å²) in [6.45, 7) is 4.92. The van der Waals surface area contributed by atoms with E-state index in [0.29, 0.717) is 18.4 Å². The summed E-state index contributed by atoms with van der Waals surface area (Å²) in [5.41, 5.74) is 0.397. The van der Waals surface area contributed by atoms with Crippen molar-refractivity contribution in [2.24, 2.45) is 23.2 Å². The van der Waals surface area contributed by atoms with Crippen molar-refractivity contribution in [3.63, 3.8) is 0 Å². The minimum Gasteiger partial charge on any atom is -0.462 e. The molecule has 4 aliphatic rings. The van der Waals surface area contributed by atoms with Gasteiger partial charge in [-0.25, -0.2) is 0 Å². The molecule has 2 aliphatic heterocycles. The number of esters is 1. The van der Waals surface area contributed by atoms with Crippen molar-refractivity contribution in [1.29, 1.82) is 0 Å². The minimum atomic E-state index is -0.0269. The van der Waals surface area contributed by atoms with Gasteiger partial charge in [-0.15, -0.1) is 0 Å². The summed E-state index contributed by atoms with van der Waals surface area (Å²) in [6, 6.07) is 0. The van der Waals surface area contributed by atoms with Crippen LogP contribution in [0.15, 0.2) is 0 Å². The molecule has 2 saturated heterocycles. The molecular formula is C18H29NO4. The first-order valence-electron chi connectivity index (χ1n) is 9.24. The van der Waals surface area contributed by atoms with Gasteiger partial charge in [-0.2, -0.15) is 0 Å². The van der Waals surface area contributed by atoms with Gasteiger partial charge in [0.2, 0.25) is 0 Å². The third kappa shape index (κ3) is 2.61. The lowest BCUT2D eigenvalue weighted by Crippen LogP contribution is -2.51. The molecule has 0 aromatic rings. The Morgan fingerprint density at radius 1 is 1.39 bits per heavy atom. The van der Waals surface area contributed by atoms with Crippen LogP contribution >= 0.6 is 0 Å². The van der Waals surface area contributed by atoms with E-state index in [-0.39, 0.29) is 35.6 Å². The van der Waals surface area contributed by atoms with E-state index in [0.717, 1.165) is 32.4 Å². The smallest absolute Gasteiger partial charge is 0.310 e. The van der Waals surface area contributed by atoms with Crippen molar-refractivity contribution in [1.82, 2.24) is 5.32 Å². The number of hydrogen-bond acceptors (Lipinski definition) is 5. The molecular weight excluding hydrogens is 294 g/mol. The van der Waals surface area contributed by atoms with Crippen LogP contribution in [0.5, 0.6) is 0 Å². The Labute approximate surface area is 138 Å². The minimum absolute atomic E-state index is 0.0236. The van der Waals surface area contributed by atoms with E-state index in [9.17, 15) is 4.79 Å². The zero-order chi connectivity index (χ0) is 16.1. The van der Waals surface area contributed by atoms with Crippen LogP contribution in [0.3, 0.4) is 0 Å². The van der Waals surface area contributed by atoms with Crippen molar-refractivity contribution >= 4 is 5.97 Å². The first-order valence-corrected chi connectivity index (χ1v) is 9.24. The van der Waals surface area contributed by atoms with Gasteiger partial charge in [-0.05, 0) is 56.4 Å². The molecule has 0 aromatic heterocycles. The quantitative estimate of drug-likeness (QED) is 0.456. The molecule has 2 aliphatic carbocycles. The number of carbonyl (C=O) groups excluding carboxylic acids is 1. The maximum absolute atomic E-state index is 12.3. The summed E-state index contributed by atoms with van der Waals surface area (Å²) in [4.78, 5) is 12.3. The molecule has 0 aromatic carbocycles. The highest BCUT2D eigenvalue weighted by molar-refractivity contribution is 5.75. The largest absolute Gasteiger partial charge is 0.462 e. The maximum Gasteiger partial charge on any atom is 0.310 e. The van der Waals surface area contributed by atoms with Gasteiger partial charge in [0.05, 0.1) is 18.1 Å². The van der Waals surface area contributed by atoms with Crippen molar-refractivity contribution in [2.75, 3.05) is 26.3 Å². The number of aliphatic hydroxyl groups excluding tert-OH is 1. The topological polar surface area (TPSA) is 71.1 Å². The standard InChI is InChI=1S/C18H29NO4/c1-17-4-2-5-18(11-22-18)15(17)8-12-13(10-19-6-3-7-20)16(21)23-14(12)9-17/h12-15,19-20H,2-11H2,1H3. The molecule has 0 radical (unpaired) electrons. The van der Waals surface area contributed by atoms with Gasteiger partial charge >= 0.3 is 5.97 Å². The second kappa shape index (κ2) is 5.71. The van der Waals surface area contributed by atoms with Crippen LogP contribution in [0, 0.1) is 23.2 Å². The van der Waals surface area contributed by atoms with Gasteiger partial charge in [0.1, 0.15) is 6.10 Å². The predicted octanol–water partition coefficient (Wildman–Crippen LogP) is 1.49. The van der Waals surface area contributed by atoms with Crippen LogP contribution in [-0.2, 0) is 14.3 Å². The number of nitrogens with one attached hydrogen (secondary N) is 1. The third-order valence-electron chi connectivity index (χ3n) is 6.96. The Kier molecular flexibility index (Phi) is 3.94. The molecule has 6 atom stereocenters. The SMILES string of the molecule is CC12CCCC3(CO3)C1CC1C(C2)OC(=O)C1CNCCCO. The van der Waals surface area contributed by atoms with E-state index >= 15 is 0 Å². The maximum atomic E-state index is 12.3. The second-order valence-electron chi connectivity index (χ2n) is 8.38. The molecule has 5 nitrogen and oxygen atoms in total. The molecule has 6 unspecified atom stereocenters. The Bertz CT molecular complexity index is 478. The molecule has 0 bridgehead atoms. The summed E-state index contributed by atoms with van der Waals surface area (Å²) in [7, 11) is 0. The van der Waals surface area contributed by atoms with E-state index in [2.05, 4.69) is 12.2 Å². The number of carbonyl (C=O) groups is 1. The zero-order valence-electron chi connectivity index (χ0n) is 14.1. The fourth-order valence-corrected chi connectivity index (χ4v) is 5.65. The highest BCUT2D eigenvalue weighted by atomic mass is 16.6. The van der Waals surface area contributed by atoms with Gasteiger partial charge in [-0.3, -0.25) is 4.79 Å². The van der Waals surface area contributed by atoms with E-state index in [1.807, 2.05) is 0 Å². The number of epoxide rings is 1. The molecule has 4 fully saturated rings. The van der Waals surface area contributed by atoms with Gasteiger partial charge in [0.25, 0.3) is 0 Å². The Morgan fingerprint density at radius 2 is 2.22 bits per heavy atom. The molecule has 0 amide bonds. The molecule has 2 heterocycles. The number of fused-ring (bicyclic) bond motifs is 3. The lowest BCUT2D eigenvalue weighted by Gasteiger charge is -2.51. The van der Waals surface area contributed by atoms with Crippen molar-refractivity contribution in [3.8, 4) is 0 Å². The normalized spacial score (nSPS) is 48.0. The van der Waals surface area contributed by atoms with Crippen LogP contribution in [-0.4, -0.2) is 49.1 Å². The van der Waals surface area contributed by atoms with E-state index in [4.69, 9.17) is 14.6 Å². The van der Waals surface area contributed by atoms with Gasteiger partial charge < -0.3 is 19.9 Å². The van der Waals surface area contributed by atoms with Gasteiger partial charge in [0, 0.05) is 19.1 Å². The number of ether oxygens (including phenoxy) is 2. The van der Waals surface area contributed by atoms with E-state index in [1.54, 1.807) is 0 Å². The second-order valence-corrected chi connectivity index (χ2v) is 8.38. The molecule has 5 heteroatoms. The molecule has 130 valence electrons. The van der Waals surface area contributed by atoms with Crippen LogP contribution in [0.1, 0.15) is 45.4 Å². The van der Waals surface area contributed by atoms with Gasteiger partial charge in [-0.1, -0.05) is 6.92 Å². The summed E-state index contributed by atoms with van der Waals surface area (Å²) in [5.74, 6) is 0.867. The summed E-state index contributed by atoms with van der Waals surface area (Å²) in [5, 5.41) is 12.2. The highest BCUT2D eigenvalue weighted by Crippen LogP contribution is 2.62. The highest BCUT2D eigenvalue weighted by Gasteiger charge is 2.64. The number of rotatable bonds is 5. The van der Waals surface area contributed by atoms with Crippen molar-refractivity contribution in [3.05, 3.63) is 0 Å². The first-order chi connectivity index (χ1) is 11.1. The predicted molar refractivity (Wildman–Crippen MR) is 84.8 cm³/mol. The van der Waals surface area contributed by atoms with Crippen LogP contribution < -0.4 is 5.32 Å². The lowest BCUT2D eigenvalue weighted by molar-refractivity contribution is -0.147. The third-order valence-corrected chi connectivity index (χ3v) is 6.96. The van der Waals surface area contributed by atoms with Crippen LogP contribution in [0.4, 0.5) is 0 Å². The van der Waals surface area contributed by atoms with Crippen LogP contribution in [0.25, 0.3) is 0 Å². The van der Waals surface area contributed by atoms with Crippen molar-refractivity contribution < 1.29 is 19.4 Å². The Balaban J connectivity index is 1.47. The summed E-state index contributed by atoms with van der Waals surface area (Å²) in [6.07, 6.45) is 6.58. The van der Waals surface area contributed by atoms with Crippen molar-refractivity contribution in [2.45, 2.75) is 57.2 Å². The van der Waals surface area contributed by atoms with Crippen LogP contribution in [0.2, 0.25) is 0 Å². The molecule has 4 rings (SSSR count). The molecule has 2 saturated carbocycles. The zero-order valence-corrected chi connectivity index (χ0v) is 14.1. The number of aliphatic hydroxyl groups is 1. The molecule has 1 spiro atoms. The summed E-state index contributed by atoms with van der Waals surface area (Å²) < 4.78 is 11.7. The fourth-order valence-electron chi connectivity index (χ4n) is 5.65. The fraction of sp³-hybridized carbons (Fsp3) is 0.944. The molecule has 23 heavy (non-hydrogen) atoms. The van der Waals surface area contributed by atoms with Gasteiger partial charge in [0.15, 0.2) is 0 Å². The lowest BCUT2D eigenvalue weighted by atomic mass is 9.53. The summed E-state index contributed by atoms with van der Waals surface area (Å²) >= 11 is 0. The average molecular weight is 323 g/mol. The van der Waals surface area contributed by atoms with E-state index < -0.39 is 0 Å². The number of hydrogen-bond donors (Lipinski definition) is 2. The Morgan fingerprint density at radius 3 is 2.96 bits per heavy atom. The monoisotopic (exact) mass is 323 g/mol. The first kappa shape index (κ1) is 15.9. The van der Waals surface area contributed by atoms with E-state index in [1.165, 1.54) is 19.3 Å². The Hall–Kier alpha value is -0.650. The molecule has 2 N–H and O–H groups in total.